The molecule has 3 fully saturated rings. The number of anilines is 1. The minimum absolute atomic E-state index is 0.00932. The van der Waals surface area contributed by atoms with Crippen molar-refractivity contribution in [2.75, 3.05) is 24.5 Å². The van der Waals surface area contributed by atoms with Gasteiger partial charge in [0.05, 0.1) is 29.3 Å². The number of hydrogen-bond donors (Lipinski definition) is 0. The predicted molar refractivity (Wildman–Crippen MR) is 122 cm³/mol. The number of carbonyl (C=O) groups is 3. The summed E-state index contributed by atoms with van der Waals surface area (Å²) in [7, 11) is 0. The number of halogens is 2. The van der Waals surface area contributed by atoms with E-state index in [-0.39, 0.29) is 55.2 Å². The predicted octanol–water partition coefficient (Wildman–Crippen LogP) is 2.96. The van der Waals surface area contributed by atoms with Crippen LogP contribution in [0.3, 0.4) is 0 Å². The Morgan fingerprint density at radius 3 is 2.50 bits per heavy atom. The molecular weight excluding hydrogens is 459 g/mol. The number of likely N-dealkylation sites (tertiary alicyclic amines) is 1. The van der Waals surface area contributed by atoms with Crippen LogP contribution >= 0.6 is 11.6 Å². The van der Waals surface area contributed by atoms with Gasteiger partial charge in [0.2, 0.25) is 17.7 Å². The van der Waals surface area contributed by atoms with Gasteiger partial charge in [-0.3, -0.25) is 19.3 Å². The van der Waals surface area contributed by atoms with Gasteiger partial charge < -0.3 is 9.80 Å². The second-order valence-corrected chi connectivity index (χ2v) is 9.48. The molecule has 0 aromatic heterocycles. The van der Waals surface area contributed by atoms with Gasteiger partial charge in [0, 0.05) is 30.6 Å². The Labute approximate surface area is 201 Å². The smallest absolute Gasteiger partial charge is 0.243 e. The number of rotatable bonds is 4. The first kappa shape index (κ1) is 22.4. The van der Waals surface area contributed by atoms with Crippen LogP contribution in [0.1, 0.15) is 24.0 Å². The lowest BCUT2D eigenvalue weighted by Crippen LogP contribution is -2.45. The molecule has 0 N–H and O–H groups in total. The number of nitriles is 1. The summed E-state index contributed by atoms with van der Waals surface area (Å²) in [6, 6.07) is 12.3. The standard InChI is InChI=1S/C25H22ClFN4O3/c26-18-6-1-15(2-7-18)11-30-22-13-29(24(33)17-4-5-17)12-19(22)25(34)31(14-23(30)32)21-8-3-16(10-28)9-20(21)27/h1-3,6-9,17,19,22H,4-5,11-14H2/t19?,22-/m0/s1. The molecule has 34 heavy (non-hydrogen) atoms. The largest absolute Gasteiger partial charge is 0.339 e. The highest BCUT2D eigenvalue weighted by Gasteiger charge is 2.50. The first-order chi connectivity index (χ1) is 16.4. The number of amides is 3. The van der Waals surface area contributed by atoms with E-state index in [1.807, 2.05) is 18.2 Å². The highest BCUT2D eigenvalue weighted by molar-refractivity contribution is 6.30. The summed E-state index contributed by atoms with van der Waals surface area (Å²) >= 11 is 6.00. The van der Waals surface area contributed by atoms with Crippen LogP contribution in [0.15, 0.2) is 42.5 Å². The van der Waals surface area contributed by atoms with Gasteiger partial charge >= 0.3 is 0 Å². The third-order valence-electron chi connectivity index (χ3n) is 6.76. The van der Waals surface area contributed by atoms with Crippen molar-refractivity contribution in [3.8, 4) is 6.07 Å². The molecule has 174 valence electrons. The van der Waals surface area contributed by atoms with E-state index < -0.39 is 23.7 Å². The molecule has 0 radical (unpaired) electrons. The van der Waals surface area contributed by atoms with Crippen molar-refractivity contribution >= 4 is 35.0 Å². The van der Waals surface area contributed by atoms with Crippen molar-refractivity contribution in [2.45, 2.75) is 25.4 Å². The molecule has 2 saturated heterocycles. The summed E-state index contributed by atoms with van der Waals surface area (Å²) in [5.41, 5.74) is 0.921. The van der Waals surface area contributed by atoms with Gasteiger partial charge in [-0.05, 0) is 48.7 Å². The van der Waals surface area contributed by atoms with Crippen molar-refractivity contribution in [3.05, 3.63) is 64.4 Å². The van der Waals surface area contributed by atoms with Gasteiger partial charge in [0.15, 0.2) is 0 Å². The van der Waals surface area contributed by atoms with E-state index in [2.05, 4.69) is 0 Å². The Hall–Kier alpha value is -3.44. The van der Waals surface area contributed by atoms with Gasteiger partial charge in [-0.25, -0.2) is 4.39 Å². The Morgan fingerprint density at radius 1 is 1.12 bits per heavy atom. The molecule has 2 atom stereocenters. The fraction of sp³-hybridized carbons (Fsp3) is 0.360. The van der Waals surface area contributed by atoms with Crippen molar-refractivity contribution < 1.29 is 18.8 Å². The fourth-order valence-corrected chi connectivity index (χ4v) is 4.92. The van der Waals surface area contributed by atoms with Crippen LogP contribution in [0.4, 0.5) is 10.1 Å². The van der Waals surface area contributed by atoms with Crippen molar-refractivity contribution in [1.82, 2.24) is 9.80 Å². The van der Waals surface area contributed by atoms with E-state index in [1.165, 1.54) is 12.1 Å². The van der Waals surface area contributed by atoms with Crippen LogP contribution in [-0.4, -0.2) is 53.2 Å². The maximum absolute atomic E-state index is 14.9. The lowest BCUT2D eigenvalue weighted by molar-refractivity contribution is -0.135. The van der Waals surface area contributed by atoms with Crippen molar-refractivity contribution in [2.24, 2.45) is 11.8 Å². The zero-order valence-electron chi connectivity index (χ0n) is 18.3. The average molecular weight is 481 g/mol. The zero-order valence-corrected chi connectivity index (χ0v) is 19.0. The van der Waals surface area contributed by atoms with Crippen LogP contribution in [0.25, 0.3) is 0 Å². The Morgan fingerprint density at radius 2 is 1.85 bits per heavy atom. The molecule has 5 rings (SSSR count). The lowest BCUT2D eigenvalue weighted by atomic mass is 10.0. The van der Waals surface area contributed by atoms with E-state index in [4.69, 9.17) is 16.9 Å². The van der Waals surface area contributed by atoms with Gasteiger partial charge in [-0.2, -0.15) is 5.26 Å². The third-order valence-corrected chi connectivity index (χ3v) is 7.01. The summed E-state index contributed by atoms with van der Waals surface area (Å²) in [5, 5.41) is 9.62. The van der Waals surface area contributed by atoms with Gasteiger partial charge in [-0.1, -0.05) is 23.7 Å². The van der Waals surface area contributed by atoms with E-state index in [0.29, 0.717) is 5.02 Å². The van der Waals surface area contributed by atoms with E-state index >= 15 is 0 Å². The first-order valence-corrected chi connectivity index (χ1v) is 11.6. The molecule has 3 amide bonds. The second kappa shape index (κ2) is 8.73. The van der Waals surface area contributed by atoms with Crippen LogP contribution in [0, 0.1) is 29.0 Å². The molecule has 0 spiro atoms. The maximum atomic E-state index is 14.9. The number of benzene rings is 2. The summed E-state index contributed by atoms with van der Waals surface area (Å²) in [5.74, 6) is -2.14. The summed E-state index contributed by atoms with van der Waals surface area (Å²) in [6.07, 6.45) is 1.68. The Bertz CT molecular complexity index is 1210. The topological polar surface area (TPSA) is 84.7 Å². The minimum Gasteiger partial charge on any atom is -0.339 e. The number of fused-ring (bicyclic) bond motifs is 1. The molecule has 1 aliphatic carbocycles. The quantitative estimate of drug-likeness (QED) is 0.673. The molecule has 9 heteroatoms. The van der Waals surface area contributed by atoms with Crippen molar-refractivity contribution in [1.29, 1.82) is 5.26 Å². The van der Waals surface area contributed by atoms with Gasteiger partial charge in [0.1, 0.15) is 12.4 Å². The number of nitrogens with zero attached hydrogens (tertiary/aromatic N) is 4. The van der Waals surface area contributed by atoms with Crippen LogP contribution in [-0.2, 0) is 20.9 Å². The monoisotopic (exact) mass is 480 g/mol. The molecule has 2 aliphatic heterocycles. The summed E-state index contributed by atoms with van der Waals surface area (Å²) in [4.78, 5) is 44.3. The molecule has 2 aromatic rings. The zero-order chi connectivity index (χ0) is 24.0. The minimum atomic E-state index is -0.744. The van der Waals surface area contributed by atoms with Gasteiger partial charge in [0.25, 0.3) is 0 Å². The molecular formula is C25H22ClFN4O3. The molecule has 0 bridgehead atoms. The molecule has 3 aliphatic rings. The molecule has 2 aromatic carbocycles. The number of carbonyl (C=O) groups excluding carboxylic acids is 3. The Kier molecular flexibility index (Phi) is 5.74. The second-order valence-electron chi connectivity index (χ2n) is 9.04. The first-order valence-electron chi connectivity index (χ1n) is 11.2. The highest BCUT2D eigenvalue weighted by atomic mass is 35.5. The summed E-state index contributed by atoms with van der Waals surface area (Å²) in [6.45, 7) is 0.394. The Balaban J connectivity index is 1.50. The maximum Gasteiger partial charge on any atom is 0.243 e. The summed E-state index contributed by atoms with van der Waals surface area (Å²) < 4.78 is 14.9. The van der Waals surface area contributed by atoms with E-state index in [1.54, 1.807) is 21.9 Å². The fourth-order valence-electron chi connectivity index (χ4n) is 4.79. The normalized spacial score (nSPS) is 22.4. The molecule has 7 nitrogen and oxygen atoms in total. The average Bonchev–Trinajstić information content (AvgIpc) is 3.60. The molecule has 2 heterocycles. The van der Waals surface area contributed by atoms with Crippen LogP contribution < -0.4 is 4.90 Å². The molecule has 1 unspecified atom stereocenters. The highest BCUT2D eigenvalue weighted by Crippen LogP contribution is 2.36. The third kappa shape index (κ3) is 4.12. The lowest BCUT2D eigenvalue weighted by Gasteiger charge is -2.29. The van der Waals surface area contributed by atoms with Crippen LogP contribution in [0.5, 0.6) is 0 Å². The SMILES string of the molecule is N#Cc1ccc(N2CC(=O)N(Cc3ccc(Cl)cc3)[C@H]3CN(C(=O)C4CC4)CC3C2=O)c(F)c1. The van der Waals surface area contributed by atoms with Crippen molar-refractivity contribution in [3.63, 3.8) is 0 Å². The number of hydrogen-bond acceptors (Lipinski definition) is 4. The van der Waals surface area contributed by atoms with E-state index in [9.17, 15) is 18.8 Å². The van der Waals surface area contributed by atoms with E-state index in [0.717, 1.165) is 29.4 Å². The van der Waals surface area contributed by atoms with Crippen LogP contribution in [0.2, 0.25) is 5.02 Å². The van der Waals surface area contributed by atoms with Gasteiger partial charge in [-0.15, -0.1) is 0 Å². The molecule has 1 saturated carbocycles.